The van der Waals surface area contributed by atoms with Gasteiger partial charge in [-0.2, -0.15) is 0 Å². The lowest BCUT2D eigenvalue weighted by Gasteiger charge is -2.28. The van der Waals surface area contributed by atoms with Crippen molar-refractivity contribution in [2.75, 3.05) is 39.6 Å². The average Bonchev–Trinajstić information content (AvgIpc) is 2.51. The van der Waals surface area contributed by atoms with Crippen LogP contribution in [0.1, 0.15) is 13.8 Å². The van der Waals surface area contributed by atoms with Crippen LogP contribution in [0.3, 0.4) is 0 Å². The molecule has 0 unspecified atom stereocenters. The number of methoxy groups -OCH3 is 1. The van der Waals surface area contributed by atoms with Crippen LogP contribution in [0.5, 0.6) is 5.88 Å². The first-order chi connectivity index (χ1) is 11.3. The van der Waals surface area contributed by atoms with E-state index in [1.54, 1.807) is 19.4 Å². The summed E-state index contributed by atoms with van der Waals surface area (Å²) in [6.45, 7) is 5.92. The van der Waals surface area contributed by atoms with Gasteiger partial charge < -0.3 is 15.0 Å². The van der Waals surface area contributed by atoms with Crippen molar-refractivity contribution in [3.8, 4) is 17.1 Å². The fourth-order valence-corrected chi connectivity index (χ4v) is 2.66. The number of ether oxygens (including phenoxy) is 1. The van der Waals surface area contributed by atoms with Gasteiger partial charge in [0.25, 0.3) is 5.56 Å². The number of pyridine rings is 1. The van der Waals surface area contributed by atoms with Crippen molar-refractivity contribution >= 4 is 5.95 Å². The molecule has 24 heavy (non-hydrogen) atoms. The molecular weight excluding hydrogens is 306 g/mol. The van der Waals surface area contributed by atoms with Crippen LogP contribution >= 0.6 is 0 Å². The summed E-state index contributed by atoms with van der Waals surface area (Å²) in [5, 5.41) is 3.22. The number of anilines is 1. The topological polar surface area (TPSA) is 83.1 Å². The molecule has 0 aliphatic rings. The van der Waals surface area contributed by atoms with E-state index in [2.05, 4.69) is 39.0 Å². The van der Waals surface area contributed by atoms with Crippen LogP contribution in [-0.2, 0) is 0 Å². The van der Waals surface area contributed by atoms with Crippen molar-refractivity contribution < 1.29 is 4.74 Å². The Balaban J connectivity index is 2.25. The molecule has 0 aliphatic carbocycles. The van der Waals surface area contributed by atoms with Gasteiger partial charge >= 0.3 is 0 Å². The summed E-state index contributed by atoms with van der Waals surface area (Å²) in [6, 6.07) is 5.05. The molecular formula is C17H25N5O2. The van der Waals surface area contributed by atoms with E-state index in [1.807, 2.05) is 20.2 Å². The molecule has 0 fully saturated rings. The predicted molar refractivity (Wildman–Crippen MR) is 95.5 cm³/mol. The minimum atomic E-state index is -0.223. The third kappa shape index (κ3) is 4.79. The molecule has 0 aromatic carbocycles. The third-order valence-corrected chi connectivity index (χ3v) is 3.46. The number of H-pyrrole nitrogens is 1. The summed E-state index contributed by atoms with van der Waals surface area (Å²) in [7, 11) is 5.62. The Labute approximate surface area is 142 Å². The Kier molecular flexibility index (Phi) is 5.56. The summed E-state index contributed by atoms with van der Waals surface area (Å²) in [4.78, 5) is 25.5. The van der Waals surface area contributed by atoms with Gasteiger partial charge in [0.15, 0.2) is 0 Å². The van der Waals surface area contributed by atoms with E-state index < -0.39 is 0 Å². The molecule has 0 saturated carbocycles. The lowest BCUT2D eigenvalue weighted by atomic mass is 9.93. The van der Waals surface area contributed by atoms with Gasteiger partial charge in [0.1, 0.15) is 0 Å². The van der Waals surface area contributed by atoms with Crippen LogP contribution in [0.4, 0.5) is 5.95 Å². The normalized spacial score (nSPS) is 11.6. The largest absolute Gasteiger partial charge is 0.481 e. The SMILES string of the molecule is COc1ncccc1-c1cc(=O)[nH]c(NCC(C)(C)CN(C)C)n1. The number of hydrogen-bond donors (Lipinski definition) is 2. The number of aromatic nitrogens is 3. The number of nitrogens with one attached hydrogen (secondary N) is 2. The molecule has 130 valence electrons. The number of aromatic amines is 1. The highest BCUT2D eigenvalue weighted by Gasteiger charge is 2.19. The minimum absolute atomic E-state index is 0.0318. The minimum Gasteiger partial charge on any atom is -0.481 e. The first-order valence-electron chi connectivity index (χ1n) is 7.80. The zero-order valence-corrected chi connectivity index (χ0v) is 14.9. The number of hydrogen-bond acceptors (Lipinski definition) is 6. The van der Waals surface area contributed by atoms with Crippen molar-refractivity contribution in [3.63, 3.8) is 0 Å². The molecule has 7 heteroatoms. The first-order valence-corrected chi connectivity index (χ1v) is 7.80. The fourth-order valence-electron chi connectivity index (χ4n) is 2.66. The highest BCUT2D eigenvalue weighted by Crippen LogP contribution is 2.25. The predicted octanol–water partition coefficient (Wildman–Crippen LogP) is 1.84. The zero-order valence-electron chi connectivity index (χ0n) is 14.9. The molecule has 2 heterocycles. The molecule has 2 N–H and O–H groups in total. The third-order valence-electron chi connectivity index (χ3n) is 3.46. The van der Waals surface area contributed by atoms with Gasteiger partial charge in [-0.1, -0.05) is 13.8 Å². The summed E-state index contributed by atoms with van der Waals surface area (Å²) >= 11 is 0. The summed E-state index contributed by atoms with van der Waals surface area (Å²) in [5.41, 5.74) is 1.02. The van der Waals surface area contributed by atoms with Gasteiger partial charge in [0.2, 0.25) is 11.8 Å². The zero-order chi connectivity index (χ0) is 17.7. The fraction of sp³-hybridized carbons (Fsp3) is 0.471. The van der Waals surface area contributed by atoms with E-state index >= 15 is 0 Å². The van der Waals surface area contributed by atoms with E-state index in [1.165, 1.54) is 6.07 Å². The summed E-state index contributed by atoms with van der Waals surface area (Å²) in [5.74, 6) is 0.879. The molecule has 0 amide bonds. The van der Waals surface area contributed by atoms with Crippen LogP contribution in [0, 0.1) is 5.41 Å². The number of rotatable bonds is 7. The Bertz CT molecular complexity index is 740. The van der Waals surface area contributed by atoms with Gasteiger partial charge in [0.05, 0.1) is 18.4 Å². The van der Waals surface area contributed by atoms with Gasteiger partial charge in [-0.05, 0) is 31.6 Å². The molecule has 0 radical (unpaired) electrons. The van der Waals surface area contributed by atoms with Crippen molar-refractivity contribution in [1.29, 1.82) is 0 Å². The smallest absolute Gasteiger partial charge is 0.252 e. The summed E-state index contributed by atoms with van der Waals surface area (Å²) in [6.07, 6.45) is 1.64. The molecule has 2 aromatic heterocycles. The van der Waals surface area contributed by atoms with Crippen LogP contribution in [0.25, 0.3) is 11.3 Å². The van der Waals surface area contributed by atoms with E-state index in [9.17, 15) is 4.79 Å². The van der Waals surface area contributed by atoms with Crippen LogP contribution in [0.15, 0.2) is 29.2 Å². The summed E-state index contributed by atoms with van der Waals surface area (Å²) < 4.78 is 5.25. The highest BCUT2D eigenvalue weighted by atomic mass is 16.5. The Morgan fingerprint density at radius 2 is 2.12 bits per heavy atom. The van der Waals surface area contributed by atoms with E-state index in [0.717, 1.165) is 6.54 Å². The van der Waals surface area contributed by atoms with Crippen LogP contribution in [-0.4, -0.2) is 54.1 Å². The van der Waals surface area contributed by atoms with Crippen molar-refractivity contribution in [1.82, 2.24) is 19.9 Å². The molecule has 0 saturated heterocycles. The lowest BCUT2D eigenvalue weighted by molar-refractivity contribution is 0.254. The van der Waals surface area contributed by atoms with Gasteiger partial charge in [-0.25, -0.2) is 9.97 Å². The van der Waals surface area contributed by atoms with E-state index in [0.29, 0.717) is 29.6 Å². The standard InChI is InChI=1S/C17H25N5O2/c1-17(2,11-22(3)4)10-19-16-20-13(9-14(23)21-16)12-7-6-8-18-15(12)24-5/h6-9H,10-11H2,1-5H3,(H2,19,20,21,23). The lowest BCUT2D eigenvalue weighted by Crippen LogP contribution is -2.35. The second-order valence-electron chi connectivity index (χ2n) is 6.80. The van der Waals surface area contributed by atoms with E-state index in [-0.39, 0.29) is 11.0 Å². The molecule has 7 nitrogen and oxygen atoms in total. The molecule has 0 bridgehead atoms. The molecule has 0 aliphatic heterocycles. The Hall–Kier alpha value is -2.41. The Morgan fingerprint density at radius 3 is 2.79 bits per heavy atom. The second-order valence-corrected chi connectivity index (χ2v) is 6.80. The van der Waals surface area contributed by atoms with Gasteiger partial charge in [-0.15, -0.1) is 0 Å². The second kappa shape index (κ2) is 7.44. The molecule has 0 spiro atoms. The van der Waals surface area contributed by atoms with E-state index in [4.69, 9.17) is 4.74 Å². The van der Waals surface area contributed by atoms with Gasteiger partial charge in [-0.3, -0.25) is 9.78 Å². The molecule has 2 aromatic rings. The van der Waals surface area contributed by atoms with Crippen LogP contribution in [0.2, 0.25) is 0 Å². The van der Waals surface area contributed by atoms with Crippen LogP contribution < -0.4 is 15.6 Å². The maximum absolute atomic E-state index is 12.0. The van der Waals surface area contributed by atoms with Crippen molar-refractivity contribution in [2.24, 2.45) is 5.41 Å². The number of nitrogens with zero attached hydrogens (tertiary/aromatic N) is 3. The first kappa shape index (κ1) is 17.9. The maximum atomic E-state index is 12.0. The molecule has 0 atom stereocenters. The molecule has 2 rings (SSSR count). The Morgan fingerprint density at radius 1 is 1.38 bits per heavy atom. The monoisotopic (exact) mass is 331 g/mol. The highest BCUT2D eigenvalue weighted by molar-refractivity contribution is 5.65. The maximum Gasteiger partial charge on any atom is 0.252 e. The van der Waals surface area contributed by atoms with Crippen molar-refractivity contribution in [3.05, 3.63) is 34.7 Å². The average molecular weight is 331 g/mol. The quantitative estimate of drug-likeness (QED) is 0.805. The van der Waals surface area contributed by atoms with Gasteiger partial charge in [0, 0.05) is 25.4 Å². The van der Waals surface area contributed by atoms with Crippen molar-refractivity contribution in [2.45, 2.75) is 13.8 Å².